The number of hydrogen-bond donors (Lipinski definition) is 1. The molecule has 0 saturated heterocycles. The molecule has 0 bridgehead atoms. The first-order valence-corrected chi connectivity index (χ1v) is 9.37. The highest BCUT2D eigenvalue weighted by Crippen LogP contribution is 2.36. The van der Waals surface area contributed by atoms with Crippen molar-refractivity contribution in [3.05, 3.63) is 46.0 Å². The summed E-state index contributed by atoms with van der Waals surface area (Å²) in [6.45, 7) is 0.442. The van der Waals surface area contributed by atoms with Crippen LogP contribution < -0.4 is 10.1 Å². The second-order valence-corrected chi connectivity index (χ2v) is 8.13. The molecule has 2 aromatic rings. The van der Waals surface area contributed by atoms with Crippen LogP contribution in [-0.2, 0) is 16.3 Å². The van der Waals surface area contributed by atoms with Crippen molar-refractivity contribution in [2.24, 2.45) is 0 Å². The number of nitro groups is 1. The van der Waals surface area contributed by atoms with Crippen molar-refractivity contribution >= 4 is 31.9 Å². The summed E-state index contributed by atoms with van der Waals surface area (Å²) >= 11 is 0.872. The number of thiophene rings is 1. The van der Waals surface area contributed by atoms with E-state index in [1.165, 1.54) is 0 Å². The molecule has 124 valence electrons. The lowest BCUT2D eigenvalue weighted by Crippen LogP contribution is -2.05. The molecular weight excluding hydrogens is 340 g/mol. The van der Waals surface area contributed by atoms with Gasteiger partial charge >= 0.3 is 5.69 Å². The number of ether oxygens (including phenoxy) is 1. The number of methoxy groups -OCH3 is 1. The predicted octanol–water partition coefficient (Wildman–Crippen LogP) is 2.72. The molecule has 0 amide bonds. The second kappa shape index (κ2) is 6.97. The summed E-state index contributed by atoms with van der Waals surface area (Å²) in [5.41, 5.74) is 0.792. The Labute approximate surface area is 138 Å². The van der Waals surface area contributed by atoms with E-state index in [-0.39, 0.29) is 14.9 Å². The molecule has 0 spiro atoms. The highest BCUT2D eigenvalue weighted by Gasteiger charge is 2.23. The summed E-state index contributed by atoms with van der Waals surface area (Å²) in [7, 11) is -1.88. The molecule has 0 saturated carbocycles. The van der Waals surface area contributed by atoms with Crippen molar-refractivity contribution in [2.75, 3.05) is 25.2 Å². The molecule has 0 aliphatic rings. The molecule has 7 nitrogen and oxygen atoms in total. The average Bonchev–Trinajstić information content (AvgIpc) is 2.92. The van der Waals surface area contributed by atoms with Crippen LogP contribution in [0.25, 0.3) is 0 Å². The van der Waals surface area contributed by atoms with E-state index in [0.29, 0.717) is 13.0 Å². The summed E-state index contributed by atoms with van der Waals surface area (Å²) in [5.74, 6) is 0.740. The third-order valence-corrected chi connectivity index (χ3v) is 5.97. The number of sulfone groups is 1. The van der Waals surface area contributed by atoms with Gasteiger partial charge in [-0.15, -0.1) is 0 Å². The first-order valence-electron chi connectivity index (χ1n) is 6.66. The smallest absolute Gasteiger partial charge is 0.304 e. The Morgan fingerprint density at radius 1 is 1.35 bits per heavy atom. The molecule has 0 atom stereocenters. The van der Waals surface area contributed by atoms with E-state index >= 15 is 0 Å². The zero-order chi connectivity index (χ0) is 17.0. The van der Waals surface area contributed by atoms with Crippen LogP contribution in [0.2, 0.25) is 0 Å². The van der Waals surface area contributed by atoms with Crippen LogP contribution in [0, 0.1) is 10.1 Å². The minimum Gasteiger partial charge on any atom is -0.497 e. The molecule has 23 heavy (non-hydrogen) atoms. The molecule has 0 unspecified atom stereocenters. The summed E-state index contributed by atoms with van der Waals surface area (Å²) in [6.07, 6.45) is 1.66. The highest BCUT2D eigenvalue weighted by atomic mass is 32.2. The van der Waals surface area contributed by atoms with E-state index in [2.05, 4.69) is 5.32 Å². The van der Waals surface area contributed by atoms with Crippen LogP contribution in [-0.4, -0.2) is 33.3 Å². The van der Waals surface area contributed by atoms with Crippen molar-refractivity contribution in [1.29, 1.82) is 0 Å². The van der Waals surface area contributed by atoms with Gasteiger partial charge in [-0.2, -0.15) is 0 Å². The topological polar surface area (TPSA) is 98.5 Å². The average molecular weight is 356 g/mol. The largest absolute Gasteiger partial charge is 0.497 e. The SMILES string of the molecule is COc1cccc(CCNc2sc(S(C)(=O)=O)cc2[N+](=O)[O-])c1. The van der Waals surface area contributed by atoms with Crippen LogP contribution >= 0.6 is 11.3 Å². The highest BCUT2D eigenvalue weighted by molar-refractivity contribution is 7.92. The van der Waals surface area contributed by atoms with Gasteiger partial charge in [-0.1, -0.05) is 23.5 Å². The molecule has 0 fully saturated rings. The predicted molar refractivity (Wildman–Crippen MR) is 89.3 cm³/mol. The minimum absolute atomic E-state index is 0.0203. The first kappa shape index (κ1) is 17.2. The maximum atomic E-state index is 11.5. The van der Waals surface area contributed by atoms with Crippen LogP contribution in [0.4, 0.5) is 10.7 Å². The lowest BCUT2D eigenvalue weighted by Gasteiger charge is -2.06. The van der Waals surface area contributed by atoms with Gasteiger partial charge in [0.25, 0.3) is 0 Å². The maximum Gasteiger partial charge on any atom is 0.304 e. The number of hydrogen-bond acceptors (Lipinski definition) is 7. The normalized spacial score (nSPS) is 11.2. The van der Waals surface area contributed by atoms with Crippen molar-refractivity contribution in [2.45, 2.75) is 10.6 Å². The fraction of sp³-hybridized carbons (Fsp3) is 0.286. The van der Waals surface area contributed by atoms with E-state index < -0.39 is 14.8 Å². The van der Waals surface area contributed by atoms with Crippen molar-refractivity contribution in [1.82, 2.24) is 0 Å². The van der Waals surface area contributed by atoms with E-state index in [4.69, 9.17) is 4.74 Å². The zero-order valence-corrected chi connectivity index (χ0v) is 14.2. The van der Waals surface area contributed by atoms with Gasteiger partial charge < -0.3 is 10.1 Å². The van der Waals surface area contributed by atoms with Crippen LogP contribution in [0.5, 0.6) is 5.75 Å². The van der Waals surface area contributed by atoms with Gasteiger partial charge in [-0.05, 0) is 24.1 Å². The molecular formula is C14H16N2O5S2. The Morgan fingerprint density at radius 3 is 2.70 bits per heavy atom. The molecule has 1 N–H and O–H groups in total. The quantitative estimate of drug-likeness (QED) is 0.605. The van der Waals surface area contributed by atoms with Gasteiger partial charge in [0.1, 0.15) is 9.96 Å². The lowest BCUT2D eigenvalue weighted by atomic mass is 10.1. The Kier molecular flexibility index (Phi) is 5.22. The number of rotatable bonds is 7. The molecule has 9 heteroatoms. The zero-order valence-electron chi connectivity index (χ0n) is 12.6. The Balaban J connectivity index is 2.10. The number of nitrogens with one attached hydrogen (secondary N) is 1. The molecule has 1 aromatic heterocycles. The Bertz CT molecular complexity index is 814. The van der Waals surface area contributed by atoms with Crippen molar-refractivity contribution in [3.8, 4) is 5.75 Å². The van der Waals surface area contributed by atoms with E-state index in [1.54, 1.807) is 7.11 Å². The van der Waals surface area contributed by atoms with Crippen LogP contribution in [0.1, 0.15) is 5.56 Å². The van der Waals surface area contributed by atoms with Crippen molar-refractivity contribution < 1.29 is 18.1 Å². The molecule has 0 aliphatic heterocycles. The molecule has 2 rings (SSSR count). The number of benzene rings is 1. The number of nitrogens with zero attached hydrogens (tertiary/aromatic N) is 1. The van der Waals surface area contributed by atoms with E-state index in [1.807, 2.05) is 24.3 Å². The minimum atomic E-state index is -3.47. The summed E-state index contributed by atoms with van der Waals surface area (Å²) < 4.78 is 28.2. The molecule has 1 heterocycles. The molecule has 1 aromatic carbocycles. The third kappa shape index (κ3) is 4.42. The molecule has 0 aliphatic carbocycles. The van der Waals surface area contributed by atoms with Gasteiger partial charge in [-0.25, -0.2) is 8.42 Å². The summed E-state index contributed by atoms with van der Waals surface area (Å²) in [5, 5.41) is 14.2. The van der Waals surface area contributed by atoms with Gasteiger partial charge in [0.05, 0.1) is 12.0 Å². The number of anilines is 1. The van der Waals surface area contributed by atoms with Gasteiger partial charge in [0.15, 0.2) is 14.8 Å². The van der Waals surface area contributed by atoms with Gasteiger partial charge in [0, 0.05) is 18.9 Å². The standard InChI is InChI=1S/C14H16N2O5S2/c1-21-11-5-3-4-10(8-11)6-7-15-14-12(16(17)18)9-13(22-14)23(2,19)20/h3-5,8-9,15H,6-7H2,1-2H3. The maximum absolute atomic E-state index is 11.5. The molecule has 0 radical (unpaired) electrons. The van der Waals surface area contributed by atoms with Crippen molar-refractivity contribution in [3.63, 3.8) is 0 Å². The first-order chi connectivity index (χ1) is 10.8. The Morgan fingerprint density at radius 2 is 2.09 bits per heavy atom. The van der Waals surface area contributed by atoms with Crippen LogP contribution in [0.3, 0.4) is 0 Å². The summed E-state index contributed by atoms with van der Waals surface area (Å²) in [6, 6.07) is 8.60. The summed E-state index contributed by atoms with van der Waals surface area (Å²) in [4.78, 5) is 10.5. The fourth-order valence-electron chi connectivity index (χ4n) is 1.95. The van der Waals surface area contributed by atoms with Crippen LogP contribution in [0.15, 0.2) is 34.5 Å². The van der Waals surface area contributed by atoms with E-state index in [9.17, 15) is 18.5 Å². The fourth-order valence-corrected chi connectivity index (χ4v) is 3.92. The Hall–Kier alpha value is -2.13. The third-order valence-electron chi connectivity index (χ3n) is 3.09. The van der Waals surface area contributed by atoms with E-state index in [0.717, 1.165) is 35.0 Å². The second-order valence-electron chi connectivity index (χ2n) is 4.84. The monoisotopic (exact) mass is 356 g/mol. The van der Waals surface area contributed by atoms with Gasteiger partial charge in [0.2, 0.25) is 0 Å². The lowest BCUT2D eigenvalue weighted by molar-refractivity contribution is -0.383. The van der Waals surface area contributed by atoms with Gasteiger partial charge in [-0.3, -0.25) is 10.1 Å².